The Hall–Kier alpha value is -1.90. The largest absolute Gasteiger partial charge is 0.377 e. The van der Waals surface area contributed by atoms with Crippen LogP contribution in [0.1, 0.15) is 12.1 Å². The van der Waals surface area contributed by atoms with Crippen LogP contribution in [0.3, 0.4) is 0 Å². The quantitative estimate of drug-likeness (QED) is 0.726. The minimum Gasteiger partial charge on any atom is -0.377 e. The standard InChI is InChI=1S/C13H13N3/c1-14-12-7-6-11-13(16-12)10-5-3-2-4-9(10)8-15-11/h2-5,8H,6-7H2,1H3,(H,14,16). The van der Waals surface area contributed by atoms with E-state index < -0.39 is 0 Å². The highest BCUT2D eigenvalue weighted by atomic mass is 15.0. The van der Waals surface area contributed by atoms with E-state index in [1.54, 1.807) is 0 Å². The van der Waals surface area contributed by atoms with Crippen LogP contribution in [-0.4, -0.2) is 17.9 Å². The van der Waals surface area contributed by atoms with Crippen molar-refractivity contribution < 1.29 is 0 Å². The molecule has 3 rings (SSSR count). The molecule has 1 aliphatic heterocycles. The van der Waals surface area contributed by atoms with E-state index in [9.17, 15) is 0 Å². The van der Waals surface area contributed by atoms with Gasteiger partial charge in [-0.1, -0.05) is 24.3 Å². The SMILES string of the molecule is CNC1=Nc2c(ncc3ccccc23)CC1. The van der Waals surface area contributed by atoms with Gasteiger partial charge in [0.1, 0.15) is 5.84 Å². The Balaban J connectivity index is 2.30. The van der Waals surface area contributed by atoms with E-state index in [4.69, 9.17) is 0 Å². The smallest absolute Gasteiger partial charge is 0.102 e. The van der Waals surface area contributed by atoms with Gasteiger partial charge in [-0.25, -0.2) is 4.99 Å². The van der Waals surface area contributed by atoms with Crippen LogP contribution in [0.15, 0.2) is 35.5 Å². The zero-order valence-electron chi connectivity index (χ0n) is 9.20. The van der Waals surface area contributed by atoms with Gasteiger partial charge < -0.3 is 5.32 Å². The lowest BCUT2D eigenvalue weighted by Crippen LogP contribution is -2.21. The molecule has 1 aromatic heterocycles. The van der Waals surface area contributed by atoms with Gasteiger partial charge in [-0.3, -0.25) is 4.98 Å². The second-order valence-electron chi connectivity index (χ2n) is 3.95. The van der Waals surface area contributed by atoms with Crippen molar-refractivity contribution in [2.24, 2.45) is 4.99 Å². The number of aromatic nitrogens is 1. The van der Waals surface area contributed by atoms with E-state index in [1.807, 2.05) is 25.4 Å². The van der Waals surface area contributed by atoms with Crippen LogP contribution in [-0.2, 0) is 6.42 Å². The molecule has 2 aromatic rings. The van der Waals surface area contributed by atoms with Crippen molar-refractivity contribution >= 4 is 22.3 Å². The van der Waals surface area contributed by atoms with Gasteiger partial charge in [0.05, 0.1) is 11.4 Å². The van der Waals surface area contributed by atoms with E-state index in [2.05, 4.69) is 27.4 Å². The Morgan fingerprint density at radius 2 is 2.06 bits per heavy atom. The molecule has 0 fully saturated rings. The number of aryl methyl sites for hydroxylation is 1. The van der Waals surface area contributed by atoms with Crippen molar-refractivity contribution in [3.8, 4) is 0 Å². The maximum absolute atomic E-state index is 4.64. The first-order valence-corrected chi connectivity index (χ1v) is 5.50. The number of benzene rings is 1. The molecular weight excluding hydrogens is 198 g/mol. The highest BCUT2D eigenvalue weighted by molar-refractivity contribution is 5.98. The normalized spacial score (nSPS) is 14.4. The second kappa shape index (κ2) is 3.59. The molecule has 0 unspecified atom stereocenters. The zero-order chi connectivity index (χ0) is 11.0. The molecule has 3 nitrogen and oxygen atoms in total. The van der Waals surface area contributed by atoms with Crippen LogP contribution in [0.25, 0.3) is 10.8 Å². The summed E-state index contributed by atoms with van der Waals surface area (Å²) in [7, 11) is 1.92. The molecule has 0 radical (unpaired) electrons. The van der Waals surface area contributed by atoms with Crippen LogP contribution in [0.2, 0.25) is 0 Å². The van der Waals surface area contributed by atoms with Crippen LogP contribution in [0.4, 0.5) is 5.69 Å². The Morgan fingerprint density at radius 3 is 2.94 bits per heavy atom. The summed E-state index contributed by atoms with van der Waals surface area (Å²) in [5.74, 6) is 1.05. The van der Waals surface area contributed by atoms with Crippen LogP contribution in [0, 0.1) is 0 Å². The molecule has 1 aliphatic rings. The average molecular weight is 211 g/mol. The van der Waals surface area contributed by atoms with Gasteiger partial charge in [0, 0.05) is 30.4 Å². The Kier molecular flexibility index (Phi) is 2.10. The van der Waals surface area contributed by atoms with E-state index in [-0.39, 0.29) is 0 Å². The maximum atomic E-state index is 4.64. The molecule has 0 saturated carbocycles. The van der Waals surface area contributed by atoms with Gasteiger partial charge in [-0.05, 0) is 6.42 Å². The molecule has 0 atom stereocenters. The molecular formula is C13H13N3. The fourth-order valence-electron chi connectivity index (χ4n) is 2.11. The molecule has 16 heavy (non-hydrogen) atoms. The Labute approximate surface area is 94.2 Å². The summed E-state index contributed by atoms with van der Waals surface area (Å²) < 4.78 is 0. The van der Waals surface area contributed by atoms with Gasteiger partial charge in [0.25, 0.3) is 0 Å². The zero-order valence-corrected chi connectivity index (χ0v) is 9.20. The fourth-order valence-corrected chi connectivity index (χ4v) is 2.11. The minimum atomic E-state index is 0.953. The van der Waals surface area contributed by atoms with Gasteiger partial charge in [-0.2, -0.15) is 0 Å². The number of amidine groups is 1. The summed E-state index contributed by atoms with van der Waals surface area (Å²) in [5, 5.41) is 5.48. The Bertz CT molecular complexity index is 572. The third kappa shape index (κ3) is 1.36. The van der Waals surface area contributed by atoms with Crippen molar-refractivity contribution in [3.05, 3.63) is 36.2 Å². The summed E-state index contributed by atoms with van der Waals surface area (Å²) in [6.45, 7) is 0. The first-order valence-electron chi connectivity index (χ1n) is 5.50. The van der Waals surface area contributed by atoms with Crippen LogP contribution >= 0.6 is 0 Å². The third-order valence-corrected chi connectivity index (χ3v) is 2.98. The Morgan fingerprint density at radius 1 is 1.19 bits per heavy atom. The summed E-state index contributed by atoms with van der Waals surface area (Å²) in [6.07, 6.45) is 3.86. The number of nitrogens with one attached hydrogen (secondary N) is 1. The number of hydrogen-bond acceptors (Lipinski definition) is 3. The molecule has 80 valence electrons. The second-order valence-corrected chi connectivity index (χ2v) is 3.95. The number of aliphatic imine (C=N–C) groups is 1. The van der Waals surface area contributed by atoms with Gasteiger partial charge >= 0.3 is 0 Å². The van der Waals surface area contributed by atoms with Crippen molar-refractivity contribution in [3.63, 3.8) is 0 Å². The average Bonchev–Trinajstić information content (AvgIpc) is 2.38. The van der Waals surface area contributed by atoms with E-state index in [0.717, 1.165) is 35.4 Å². The van der Waals surface area contributed by atoms with E-state index in [1.165, 1.54) is 5.39 Å². The first-order chi connectivity index (χ1) is 7.88. The number of pyridine rings is 1. The molecule has 0 bridgehead atoms. The molecule has 0 saturated heterocycles. The summed E-state index contributed by atoms with van der Waals surface area (Å²) >= 11 is 0. The number of hydrogen-bond donors (Lipinski definition) is 1. The topological polar surface area (TPSA) is 37.3 Å². The minimum absolute atomic E-state index is 0.953. The highest BCUT2D eigenvalue weighted by Crippen LogP contribution is 2.31. The van der Waals surface area contributed by atoms with E-state index >= 15 is 0 Å². The van der Waals surface area contributed by atoms with Gasteiger partial charge in [0.2, 0.25) is 0 Å². The summed E-state index contributed by atoms with van der Waals surface area (Å²) in [4.78, 5) is 9.12. The summed E-state index contributed by atoms with van der Waals surface area (Å²) in [5.41, 5.74) is 2.14. The van der Waals surface area contributed by atoms with Crippen molar-refractivity contribution in [1.82, 2.24) is 10.3 Å². The van der Waals surface area contributed by atoms with Crippen molar-refractivity contribution in [2.45, 2.75) is 12.8 Å². The van der Waals surface area contributed by atoms with Crippen molar-refractivity contribution in [2.75, 3.05) is 7.05 Å². The third-order valence-electron chi connectivity index (χ3n) is 2.98. The molecule has 1 aromatic carbocycles. The summed E-state index contributed by atoms with van der Waals surface area (Å²) in [6, 6.07) is 8.26. The van der Waals surface area contributed by atoms with Crippen molar-refractivity contribution in [1.29, 1.82) is 0 Å². The first kappa shape index (κ1) is 9.33. The van der Waals surface area contributed by atoms with Crippen LogP contribution < -0.4 is 5.32 Å². The highest BCUT2D eigenvalue weighted by Gasteiger charge is 2.14. The fraction of sp³-hybridized carbons (Fsp3) is 0.231. The van der Waals surface area contributed by atoms with Crippen LogP contribution in [0.5, 0.6) is 0 Å². The predicted octanol–water partition coefficient (Wildman–Crippen LogP) is 2.43. The van der Waals surface area contributed by atoms with E-state index in [0.29, 0.717) is 0 Å². The lowest BCUT2D eigenvalue weighted by molar-refractivity contribution is 0.912. The maximum Gasteiger partial charge on any atom is 0.102 e. The molecule has 0 aliphatic carbocycles. The lowest BCUT2D eigenvalue weighted by Gasteiger charge is -2.15. The molecule has 3 heteroatoms. The van der Waals surface area contributed by atoms with Gasteiger partial charge in [-0.15, -0.1) is 0 Å². The molecule has 1 N–H and O–H groups in total. The number of nitrogens with zero attached hydrogens (tertiary/aromatic N) is 2. The monoisotopic (exact) mass is 211 g/mol. The molecule has 0 spiro atoms. The predicted molar refractivity (Wildman–Crippen MR) is 66.2 cm³/mol. The molecule has 0 amide bonds. The molecule has 2 heterocycles. The number of rotatable bonds is 0. The number of fused-ring (bicyclic) bond motifs is 3. The van der Waals surface area contributed by atoms with Gasteiger partial charge in [0.15, 0.2) is 0 Å². The lowest BCUT2D eigenvalue weighted by atomic mass is 10.0.